The number of ether oxygens (including phenoxy) is 3. The van der Waals surface area contributed by atoms with E-state index in [1.165, 1.54) is 0 Å². The maximum Gasteiger partial charge on any atom is 0.251 e. The molecule has 0 unspecified atom stereocenters. The summed E-state index contributed by atoms with van der Waals surface area (Å²) in [4.78, 5) is 25.4. The zero-order valence-corrected chi connectivity index (χ0v) is 22.0. The lowest BCUT2D eigenvalue weighted by atomic mass is 10.2. The molecule has 204 valence electrons. The van der Waals surface area contributed by atoms with Gasteiger partial charge in [0.1, 0.15) is 5.75 Å². The van der Waals surface area contributed by atoms with Crippen LogP contribution in [0, 0.1) is 0 Å². The number of hydrogen-bond donors (Lipinski definition) is 4. The second kappa shape index (κ2) is 16.7. The van der Waals surface area contributed by atoms with Gasteiger partial charge in [0, 0.05) is 30.9 Å². The van der Waals surface area contributed by atoms with E-state index >= 15 is 0 Å². The van der Waals surface area contributed by atoms with Crippen molar-refractivity contribution in [2.45, 2.75) is 19.8 Å². The normalized spacial score (nSPS) is 10.6. The molecule has 11 nitrogen and oxygen atoms in total. The van der Waals surface area contributed by atoms with Crippen molar-refractivity contribution in [1.29, 1.82) is 0 Å². The van der Waals surface area contributed by atoms with E-state index < -0.39 is 0 Å². The van der Waals surface area contributed by atoms with E-state index in [-0.39, 0.29) is 5.91 Å². The minimum absolute atomic E-state index is 0.110. The van der Waals surface area contributed by atoms with Crippen LogP contribution in [0.4, 0.5) is 23.5 Å². The van der Waals surface area contributed by atoms with Crippen LogP contribution in [0.5, 0.6) is 5.75 Å². The molecule has 0 aliphatic rings. The molecule has 0 fully saturated rings. The highest BCUT2D eigenvalue weighted by atomic mass is 16.5. The standard InChI is InChI=1S/C27H37N7O4/c1-3-4-14-29-25-32-26(34-27(33-25)31-22-10-12-23(36-2)13-11-22)30-16-18-38-20-19-37-17-15-28-24(35)21-8-6-5-7-9-21/h5-13H,3-4,14-20H2,1-2H3,(H,28,35)(H3,29,30,31,32,33,34). The van der Waals surface area contributed by atoms with E-state index in [9.17, 15) is 4.79 Å². The van der Waals surface area contributed by atoms with Crippen LogP contribution >= 0.6 is 0 Å². The molecule has 0 radical (unpaired) electrons. The average Bonchev–Trinajstić information content (AvgIpc) is 2.95. The van der Waals surface area contributed by atoms with Crippen LogP contribution in [0.25, 0.3) is 0 Å². The van der Waals surface area contributed by atoms with Gasteiger partial charge in [-0.1, -0.05) is 31.5 Å². The SMILES string of the molecule is CCCCNc1nc(NCCOCCOCCNC(=O)c2ccccc2)nc(Nc2ccc(OC)cc2)n1. The summed E-state index contributed by atoms with van der Waals surface area (Å²) in [5, 5.41) is 12.5. The van der Waals surface area contributed by atoms with Gasteiger partial charge >= 0.3 is 0 Å². The van der Waals surface area contributed by atoms with Crippen LogP contribution in [0.2, 0.25) is 0 Å². The molecular formula is C27H37N7O4. The number of nitrogens with zero attached hydrogens (tertiary/aromatic N) is 3. The van der Waals surface area contributed by atoms with Crippen molar-refractivity contribution < 1.29 is 19.0 Å². The van der Waals surface area contributed by atoms with Crippen molar-refractivity contribution in [2.24, 2.45) is 0 Å². The molecule has 4 N–H and O–H groups in total. The molecule has 0 aliphatic heterocycles. The van der Waals surface area contributed by atoms with Crippen LogP contribution in [0.3, 0.4) is 0 Å². The van der Waals surface area contributed by atoms with Gasteiger partial charge < -0.3 is 35.5 Å². The fourth-order valence-electron chi connectivity index (χ4n) is 3.26. The number of aromatic nitrogens is 3. The Hall–Kier alpha value is -3.96. The third-order valence-corrected chi connectivity index (χ3v) is 5.26. The first kappa shape index (κ1) is 28.6. The highest BCUT2D eigenvalue weighted by Gasteiger charge is 2.07. The number of amides is 1. The zero-order chi connectivity index (χ0) is 26.8. The molecule has 1 amide bonds. The van der Waals surface area contributed by atoms with Gasteiger partial charge in [-0.25, -0.2) is 0 Å². The molecule has 0 bridgehead atoms. The molecule has 0 saturated carbocycles. The minimum atomic E-state index is -0.110. The van der Waals surface area contributed by atoms with Gasteiger partial charge in [-0.3, -0.25) is 4.79 Å². The number of rotatable bonds is 18. The molecule has 1 heterocycles. The fraction of sp³-hybridized carbons (Fsp3) is 0.407. The zero-order valence-electron chi connectivity index (χ0n) is 22.0. The Balaban J connectivity index is 1.35. The first-order valence-corrected chi connectivity index (χ1v) is 12.8. The number of anilines is 4. The maximum absolute atomic E-state index is 12.0. The van der Waals surface area contributed by atoms with Gasteiger partial charge in [0.05, 0.1) is 33.5 Å². The summed E-state index contributed by atoms with van der Waals surface area (Å²) in [6.45, 7) is 5.63. The van der Waals surface area contributed by atoms with Crippen LogP contribution in [0.1, 0.15) is 30.1 Å². The third-order valence-electron chi connectivity index (χ3n) is 5.26. The van der Waals surface area contributed by atoms with Crippen LogP contribution in [0.15, 0.2) is 54.6 Å². The molecule has 3 aromatic rings. The quantitative estimate of drug-likeness (QED) is 0.183. The average molecular weight is 524 g/mol. The minimum Gasteiger partial charge on any atom is -0.497 e. The van der Waals surface area contributed by atoms with Crippen LogP contribution < -0.4 is 26.0 Å². The van der Waals surface area contributed by atoms with Gasteiger partial charge in [0.15, 0.2) is 0 Å². The molecule has 2 aromatic carbocycles. The van der Waals surface area contributed by atoms with Gasteiger partial charge in [0.2, 0.25) is 17.8 Å². The van der Waals surface area contributed by atoms with Crippen molar-refractivity contribution in [3.8, 4) is 5.75 Å². The first-order chi connectivity index (χ1) is 18.7. The van der Waals surface area contributed by atoms with Gasteiger partial charge in [0.25, 0.3) is 5.91 Å². The summed E-state index contributed by atoms with van der Waals surface area (Å²) in [6, 6.07) is 16.6. The van der Waals surface area contributed by atoms with Gasteiger partial charge in [-0.05, 0) is 42.8 Å². The summed E-state index contributed by atoms with van der Waals surface area (Å²) >= 11 is 0. The molecule has 11 heteroatoms. The summed E-state index contributed by atoms with van der Waals surface area (Å²) in [7, 11) is 1.63. The lowest BCUT2D eigenvalue weighted by molar-refractivity contribution is 0.0519. The lowest BCUT2D eigenvalue weighted by Crippen LogP contribution is -2.27. The predicted molar refractivity (Wildman–Crippen MR) is 148 cm³/mol. The number of methoxy groups -OCH3 is 1. The molecule has 0 spiro atoms. The number of carbonyl (C=O) groups excluding carboxylic acids is 1. The Bertz CT molecular complexity index is 1080. The number of unbranched alkanes of at least 4 members (excludes halogenated alkanes) is 1. The monoisotopic (exact) mass is 523 g/mol. The second-order valence-electron chi connectivity index (χ2n) is 8.21. The Morgan fingerprint density at radius 2 is 1.39 bits per heavy atom. The molecule has 0 saturated heterocycles. The van der Waals surface area contributed by atoms with Crippen molar-refractivity contribution in [2.75, 3.05) is 69.1 Å². The molecular weight excluding hydrogens is 486 g/mol. The van der Waals surface area contributed by atoms with Crippen molar-refractivity contribution >= 4 is 29.4 Å². The predicted octanol–water partition coefficient (Wildman–Crippen LogP) is 3.71. The number of benzene rings is 2. The van der Waals surface area contributed by atoms with Crippen molar-refractivity contribution in [3.63, 3.8) is 0 Å². The molecule has 3 rings (SSSR count). The molecule has 0 atom stereocenters. The molecule has 38 heavy (non-hydrogen) atoms. The van der Waals surface area contributed by atoms with Crippen LogP contribution in [-0.4, -0.2) is 74.0 Å². The highest BCUT2D eigenvalue weighted by Crippen LogP contribution is 2.19. The Labute approximate surface area is 223 Å². The Kier molecular flexibility index (Phi) is 12.6. The summed E-state index contributed by atoms with van der Waals surface area (Å²) in [6.07, 6.45) is 2.09. The Morgan fingerprint density at radius 1 is 0.763 bits per heavy atom. The van der Waals surface area contributed by atoms with Crippen LogP contribution in [-0.2, 0) is 9.47 Å². The first-order valence-electron chi connectivity index (χ1n) is 12.8. The smallest absolute Gasteiger partial charge is 0.251 e. The van der Waals surface area contributed by atoms with E-state index in [0.29, 0.717) is 62.9 Å². The van der Waals surface area contributed by atoms with Crippen molar-refractivity contribution in [1.82, 2.24) is 20.3 Å². The Morgan fingerprint density at radius 3 is 2.05 bits per heavy atom. The third kappa shape index (κ3) is 10.6. The van der Waals surface area contributed by atoms with Crippen molar-refractivity contribution in [3.05, 3.63) is 60.2 Å². The van der Waals surface area contributed by atoms with Gasteiger partial charge in [-0.15, -0.1) is 0 Å². The van der Waals surface area contributed by atoms with E-state index in [2.05, 4.69) is 43.1 Å². The van der Waals surface area contributed by atoms with Gasteiger partial charge in [-0.2, -0.15) is 15.0 Å². The van der Waals surface area contributed by atoms with E-state index in [4.69, 9.17) is 14.2 Å². The highest BCUT2D eigenvalue weighted by molar-refractivity contribution is 5.94. The summed E-state index contributed by atoms with van der Waals surface area (Å²) in [5.41, 5.74) is 1.47. The van der Waals surface area contributed by atoms with E-state index in [1.54, 1.807) is 19.2 Å². The maximum atomic E-state index is 12.0. The van der Waals surface area contributed by atoms with E-state index in [1.807, 2.05) is 42.5 Å². The van der Waals surface area contributed by atoms with E-state index in [0.717, 1.165) is 30.8 Å². The molecule has 0 aliphatic carbocycles. The largest absolute Gasteiger partial charge is 0.497 e. The lowest BCUT2D eigenvalue weighted by Gasteiger charge is -2.12. The number of nitrogens with one attached hydrogen (secondary N) is 4. The number of hydrogen-bond acceptors (Lipinski definition) is 10. The summed E-state index contributed by atoms with van der Waals surface area (Å²) < 4.78 is 16.3. The second-order valence-corrected chi connectivity index (χ2v) is 8.21. The topological polar surface area (TPSA) is 132 Å². The number of carbonyl (C=O) groups is 1. The molecule has 1 aromatic heterocycles. The summed E-state index contributed by atoms with van der Waals surface area (Å²) in [5.74, 6) is 2.04. The fourth-order valence-corrected chi connectivity index (χ4v) is 3.26.